The largest absolute Gasteiger partial charge is 0.507 e. The Morgan fingerprint density at radius 2 is 2.29 bits per heavy atom. The van der Waals surface area contributed by atoms with E-state index in [2.05, 4.69) is 4.74 Å². The van der Waals surface area contributed by atoms with Crippen LogP contribution in [-0.4, -0.2) is 18.2 Å². The fourth-order valence-corrected chi connectivity index (χ4v) is 1.61. The summed E-state index contributed by atoms with van der Waals surface area (Å²) < 4.78 is 5.08. The summed E-state index contributed by atoms with van der Waals surface area (Å²) in [6.07, 6.45) is 0. The number of phenolic OH excluding ortho intramolecular Hbond substituents is 1. The molecule has 5 heteroatoms. The van der Waals surface area contributed by atoms with Crippen LogP contribution in [0.15, 0.2) is 12.1 Å². The van der Waals surface area contributed by atoms with E-state index in [1.807, 2.05) is 28.7 Å². The predicted molar refractivity (Wildman–Crippen MR) is 56.9 cm³/mol. The van der Waals surface area contributed by atoms with Gasteiger partial charge in [0.25, 0.3) is 0 Å². The van der Waals surface area contributed by atoms with Gasteiger partial charge in [0.05, 0.1) is 18.2 Å². The molecule has 14 heavy (non-hydrogen) atoms. The Hall–Kier alpha value is -1.29. The lowest BCUT2D eigenvalue weighted by Crippen LogP contribution is -2.04. The van der Waals surface area contributed by atoms with Gasteiger partial charge in [0.2, 0.25) is 0 Å². The molecule has 0 saturated carbocycles. The van der Waals surface area contributed by atoms with Gasteiger partial charge in [-0.2, -0.15) is 5.26 Å². The van der Waals surface area contributed by atoms with Crippen LogP contribution >= 0.6 is 22.6 Å². The number of nitriles is 1. The average molecular weight is 303 g/mol. The van der Waals surface area contributed by atoms with Crippen molar-refractivity contribution in [2.45, 2.75) is 0 Å². The molecule has 1 rings (SSSR count). The number of rotatable bonds is 1. The molecule has 0 fully saturated rings. The Morgan fingerprint density at radius 1 is 1.64 bits per heavy atom. The van der Waals surface area contributed by atoms with Crippen molar-refractivity contribution in [3.8, 4) is 11.8 Å². The molecule has 0 amide bonds. The first kappa shape index (κ1) is 10.8. The van der Waals surface area contributed by atoms with Crippen LogP contribution in [0.3, 0.4) is 0 Å². The Labute approximate surface area is 94.2 Å². The number of ether oxygens (including phenoxy) is 1. The minimum absolute atomic E-state index is 0.141. The van der Waals surface area contributed by atoms with Gasteiger partial charge in [0, 0.05) is 3.57 Å². The van der Waals surface area contributed by atoms with Gasteiger partial charge in [-0.25, -0.2) is 4.79 Å². The van der Waals surface area contributed by atoms with E-state index < -0.39 is 5.97 Å². The third-order valence-corrected chi connectivity index (χ3v) is 2.50. The summed E-state index contributed by atoms with van der Waals surface area (Å²) in [5.41, 5.74) is 0.395. The number of benzene rings is 1. The van der Waals surface area contributed by atoms with Crippen molar-refractivity contribution in [3.05, 3.63) is 26.8 Å². The molecule has 1 N–H and O–H groups in total. The second kappa shape index (κ2) is 4.28. The van der Waals surface area contributed by atoms with E-state index in [-0.39, 0.29) is 16.9 Å². The summed E-state index contributed by atoms with van der Waals surface area (Å²) in [4.78, 5) is 11.2. The zero-order chi connectivity index (χ0) is 10.7. The number of carbonyl (C=O) groups is 1. The van der Waals surface area contributed by atoms with Crippen LogP contribution in [0, 0.1) is 14.9 Å². The molecule has 1 aromatic rings. The van der Waals surface area contributed by atoms with E-state index in [0.717, 1.165) is 0 Å². The van der Waals surface area contributed by atoms with Crippen molar-refractivity contribution in [3.63, 3.8) is 0 Å². The van der Waals surface area contributed by atoms with Gasteiger partial charge >= 0.3 is 5.97 Å². The average Bonchev–Trinajstić information content (AvgIpc) is 2.19. The zero-order valence-corrected chi connectivity index (χ0v) is 9.40. The molecule has 72 valence electrons. The quantitative estimate of drug-likeness (QED) is 0.632. The molecule has 0 aromatic heterocycles. The number of hydrogen-bond acceptors (Lipinski definition) is 4. The Kier molecular flexibility index (Phi) is 3.30. The SMILES string of the molecule is COC(=O)c1cc(O)c(C#N)cc1I. The van der Waals surface area contributed by atoms with Crippen molar-refractivity contribution in [1.82, 2.24) is 0 Å². The molecule has 0 spiro atoms. The van der Waals surface area contributed by atoms with E-state index in [4.69, 9.17) is 5.26 Å². The highest BCUT2D eigenvalue weighted by Crippen LogP contribution is 2.23. The van der Waals surface area contributed by atoms with Gasteiger partial charge in [0.1, 0.15) is 11.8 Å². The molecule has 0 aliphatic rings. The Bertz CT molecular complexity index is 423. The maximum absolute atomic E-state index is 11.2. The minimum Gasteiger partial charge on any atom is -0.507 e. The normalized spacial score (nSPS) is 9.21. The molecule has 0 heterocycles. The number of aromatic hydroxyl groups is 1. The van der Waals surface area contributed by atoms with Crippen LogP contribution in [0.2, 0.25) is 0 Å². The smallest absolute Gasteiger partial charge is 0.339 e. The van der Waals surface area contributed by atoms with Crippen LogP contribution in [0.4, 0.5) is 0 Å². The second-order valence-electron chi connectivity index (χ2n) is 2.45. The van der Waals surface area contributed by atoms with Gasteiger partial charge in [-0.3, -0.25) is 0 Å². The summed E-state index contributed by atoms with van der Waals surface area (Å²) in [6, 6.07) is 4.47. The highest BCUT2D eigenvalue weighted by molar-refractivity contribution is 14.1. The lowest BCUT2D eigenvalue weighted by molar-refractivity contribution is 0.0599. The van der Waals surface area contributed by atoms with Crippen molar-refractivity contribution in [1.29, 1.82) is 5.26 Å². The Morgan fingerprint density at radius 3 is 2.79 bits per heavy atom. The fraction of sp³-hybridized carbons (Fsp3) is 0.111. The molecule has 0 radical (unpaired) electrons. The summed E-state index contributed by atoms with van der Waals surface area (Å²) in [5.74, 6) is -0.748. The number of nitrogens with zero attached hydrogens (tertiary/aromatic N) is 1. The highest BCUT2D eigenvalue weighted by Gasteiger charge is 2.13. The topological polar surface area (TPSA) is 70.3 Å². The zero-order valence-electron chi connectivity index (χ0n) is 7.24. The third-order valence-electron chi connectivity index (χ3n) is 1.61. The molecule has 4 nitrogen and oxygen atoms in total. The molecule has 0 aliphatic heterocycles. The van der Waals surface area contributed by atoms with E-state index in [1.165, 1.54) is 19.2 Å². The first-order chi connectivity index (χ1) is 6.60. The van der Waals surface area contributed by atoms with Gasteiger partial charge in [0.15, 0.2) is 0 Å². The van der Waals surface area contributed by atoms with Gasteiger partial charge in [-0.1, -0.05) is 0 Å². The van der Waals surface area contributed by atoms with Crippen LogP contribution < -0.4 is 0 Å². The van der Waals surface area contributed by atoms with Crippen LogP contribution in [0.25, 0.3) is 0 Å². The molecular formula is C9H6INO3. The molecule has 0 aliphatic carbocycles. The lowest BCUT2D eigenvalue weighted by Gasteiger charge is -2.04. The summed E-state index contributed by atoms with van der Waals surface area (Å²) in [5, 5.41) is 17.9. The predicted octanol–water partition coefficient (Wildman–Crippen LogP) is 1.66. The van der Waals surface area contributed by atoms with Gasteiger partial charge in [-0.15, -0.1) is 0 Å². The summed E-state index contributed by atoms with van der Waals surface area (Å²) in [6.45, 7) is 0. The van der Waals surface area contributed by atoms with Crippen molar-refractivity contribution >= 4 is 28.6 Å². The first-order valence-electron chi connectivity index (χ1n) is 3.61. The van der Waals surface area contributed by atoms with E-state index >= 15 is 0 Å². The van der Waals surface area contributed by atoms with E-state index in [9.17, 15) is 9.90 Å². The minimum atomic E-state index is -0.533. The Balaban J connectivity index is 3.30. The molecular weight excluding hydrogens is 297 g/mol. The van der Waals surface area contributed by atoms with Crippen molar-refractivity contribution < 1.29 is 14.6 Å². The number of carbonyl (C=O) groups excluding carboxylic acids is 1. The van der Waals surface area contributed by atoms with Crippen LogP contribution in [-0.2, 0) is 4.74 Å². The fourth-order valence-electron chi connectivity index (χ4n) is 0.918. The summed E-state index contributed by atoms with van der Waals surface area (Å²) >= 11 is 1.90. The molecule has 0 atom stereocenters. The molecule has 0 bridgehead atoms. The number of esters is 1. The molecule has 1 aromatic carbocycles. The van der Waals surface area contributed by atoms with Gasteiger partial charge < -0.3 is 9.84 Å². The summed E-state index contributed by atoms with van der Waals surface area (Å²) in [7, 11) is 1.26. The van der Waals surface area contributed by atoms with E-state index in [1.54, 1.807) is 0 Å². The maximum Gasteiger partial charge on any atom is 0.339 e. The highest BCUT2D eigenvalue weighted by atomic mass is 127. The lowest BCUT2D eigenvalue weighted by atomic mass is 10.1. The van der Waals surface area contributed by atoms with Crippen LogP contribution in [0.1, 0.15) is 15.9 Å². The second-order valence-corrected chi connectivity index (χ2v) is 3.61. The van der Waals surface area contributed by atoms with Crippen molar-refractivity contribution in [2.24, 2.45) is 0 Å². The number of phenols is 1. The molecule has 0 saturated heterocycles. The van der Waals surface area contributed by atoms with Gasteiger partial charge in [-0.05, 0) is 34.7 Å². The van der Waals surface area contributed by atoms with Crippen LogP contribution in [0.5, 0.6) is 5.75 Å². The number of methoxy groups -OCH3 is 1. The first-order valence-corrected chi connectivity index (χ1v) is 4.69. The standard InChI is InChI=1S/C9H6INO3/c1-14-9(13)6-3-8(12)5(4-11)2-7(6)10/h2-3,12H,1H3. The number of halogens is 1. The monoisotopic (exact) mass is 303 g/mol. The molecule has 0 unspecified atom stereocenters. The number of hydrogen-bond donors (Lipinski definition) is 1. The van der Waals surface area contributed by atoms with Crippen molar-refractivity contribution in [2.75, 3.05) is 7.11 Å². The maximum atomic E-state index is 11.2. The third kappa shape index (κ3) is 1.96. The van der Waals surface area contributed by atoms with E-state index in [0.29, 0.717) is 3.57 Å².